The maximum atomic E-state index is 12.2. The molecule has 2 aromatic rings. The van der Waals surface area contributed by atoms with Gasteiger partial charge in [0.05, 0.1) is 23.7 Å². The summed E-state index contributed by atoms with van der Waals surface area (Å²) < 4.78 is 23.7. The van der Waals surface area contributed by atoms with Crippen molar-refractivity contribution in [3.63, 3.8) is 0 Å². The van der Waals surface area contributed by atoms with Crippen LogP contribution in [0.25, 0.3) is 10.9 Å². The lowest BCUT2D eigenvalue weighted by atomic mass is 10.2. The highest BCUT2D eigenvalue weighted by Gasteiger charge is 2.22. The lowest BCUT2D eigenvalue weighted by molar-refractivity contribution is -0.121. The summed E-state index contributed by atoms with van der Waals surface area (Å²) in [6.07, 6.45) is 1.45. The van der Waals surface area contributed by atoms with Crippen LogP contribution in [-0.4, -0.2) is 41.1 Å². The van der Waals surface area contributed by atoms with Crippen molar-refractivity contribution in [3.05, 3.63) is 46.1 Å². The number of carbonyl (C=O) groups excluding carboxylic acids is 1. The van der Waals surface area contributed by atoms with Crippen molar-refractivity contribution >= 4 is 26.6 Å². The van der Waals surface area contributed by atoms with E-state index in [0.29, 0.717) is 10.9 Å². The van der Waals surface area contributed by atoms with E-state index in [1.165, 1.54) is 6.08 Å². The molecule has 1 aromatic carbocycles. The minimum atomic E-state index is -3.21. The minimum Gasteiger partial charge on any atom is -0.349 e. The molecule has 0 fully saturated rings. The standard InChI is InChI=1S/C14H14N4O4S/c19-13(15-10-6-8-23(21,22)9-10)5-7-18-14(20)11-3-1-2-4-12(11)16-17-18/h1-4,6,8,10H,5,7,9H2,(H,15,19)/t10-/m0/s1. The van der Waals surface area contributed by atoms with Gasteiger partial charge < -0.3 is 5.32 Å². The summed E-state index contributed by atoms with van der Waals surface area (Å²) in [5.41, 5.74) is 0.186. The number of aryl methyl sites for hydroxylation is 1. The molecule has 2 heterocycles. The van der Waals surface area contributed by atoms with E-state index in [1.807, 2.05) is 0 Å². The number of benzene rings is 1. The number of hydrogen-bond acceptors (Lipinski definition) is 6. The highest BCUT2D eigenvalue weighted by atomic mass is 32.2. The number of amides is 1. The molecule has 120 valence electrons. The van der Waals surface area contributed by atoms with Gasteiger partial charge in [0.1, 0.15) is 5.52 Å². The van der Waals surface area contributed by atoms with Gasteiger partial charge in [0.2, 0.25) is 5.91 Å². The average Bonchev–Trinajstić information content (AvgIpc) is 2.85. The van der Waals surface area contributed by atoms with E-state index in [-0.39, 0.29) is 30.2 Å². The molecule has 1 atom stereocenters. The Bertz CT molecular complexity index is 949. The quantitative estimate of drug-likeness (QED) is 0.815. The Kier molecular flexibility index (Phi) is 3.95. The predicted octanol–water partition coefficient (Wildman–Crippen LogP) is -0.391. The summed E-state index contributed by atoms with van der Waals surface area (Å²) in [5, 5.41) is 11.9. The van der Waals surface area contributed by atoms with Crippen molar-refractivity contribution in [2.75, 3.05) is 5.75 Å². The van der Waals surface area contributed by atoms with E-state index in [4.69, 9.17) is 0 Å². The van der Waals surface area contributed by atoms with E-state index in [9.17, 15) is 18.0 Å². The fourth-order valence-electron chi connectivity index (χ4n) is 2.32. The Morgan fingerprint density at radius 1 is 1.35 bits per heavy atom. The highest BCUT2D eigenvalue weighted by Crippen LogP contribution is 2.08. The number of hydrogen-bond donors (Lipinski definition) is 1. The SMILES string of the molecule is O=C(CCn1nnc2ccccc2c1=O)N[C@H]1C=CS(=O)(=O)C1. The molecule has 0 bridgehead atoms. The average molecular weight is 334 g/mol. The van der Waals surface area contributed by atoms with Crippen LogP contribution in [0.15, 0.2) is 40.5 Å². The van der Waals surface area contributed by atoms with Crippen LogP contribution in [0.4, 0.5) is 0 Å². The van der Waals surface area contributed by atoms with Crippen molar-refractivity contribution in [2.24, 2.45) is 0 Å². The lowest BCUT2D eigenvalue weighted by Gasteiger charge is -2.10. The molecule has 8 nitrogen and oxygen atoms in total. The van der Waals surface area contributed by atoms with E-state index >= 15 is 0 Å². The summed E-state index contributed by atoms with van der Waals surface area (Å²) in [5.74, 6) is -0.479. The molecule has 3 rings (SSSR count). The molecule has 23 heavy (non-hydrogen) atoms. The molecule has 0 saturated carbocycles. The van der Waals surface area contributed by atoms with E-state index in [1.54, 1.807) is 24.3 Å². The fourth-order valence-corrected chi connectivity index (χ4v) is 3.56. The molecule has 1 aliphatic heterocycles. The summed E-state index contributed by atoms with van der Waals surface area (Å²) in [4.78, 5) is 24.1. The number of carbonyl (C=O) groups is 1. The number of nitrogens with zero attached hydrogens (tertiary/aromatic N) is 3. The monoisotopic (exact) mass is 334 g/mol. The van der Waals surface area contributed by atoms with Crippen LogP contribution in [-0.2, 0) is 21.2 Å². The minimum absolute atomic E-state index is 0.0112. The van der Waals surface area contributed by atoms with Crippen LogP contribution in [0.5, 0.6) is 0 Å². The Labute approximate surface area is 131 Å². The first-order chi connectivity index (χ1) is 10.9. The number of aromatic nitrogens is 3. The smallest absolute Gasteiger partial charge is 0.277 e. The molecule has 0 saturated heterocycles. The lowest BCUT2D eigenvalue weighted by Crippen LogP contribution is -2.36. The largest absolute Gasteiger partial charge is 0.349 e. The summed E-state index contributed by atoms with van der Waals surface area (Å²) in [7, 11) is -3.21. The number of sulfone groups is 1. The molecule has 1 aliphatic rings. The van der Waals surface area contributed by atoms with Gasteiger partial charge in [-0.1, -0.05) is 17.3 Å². The molecule has 0 radical (unpaired) electrons. The third-order valence-corrected chi connectivity index (χ3v) is 4.85. The Morgan fingerprint density at radius 2 is 2.13 bits per heavy atom. The zero-order valence-electron chi connectivity index (χ0n) is 12.0. The maximum absolute atomic E-state index is 12.2. The van der Waals surface area contributed by atoms with Gasteiger partial charge in [-0.05, 0) is 18.2 Å². The van der Waals surface area contributed by atoms with Crippen LogP contribution in [0.1, 0.15) is 6.42 Å². The second kappa shape index (κ2) is 5.92. The van der Waals surface area contributed by atoms with E-state index in [0.717, 1.165) is 10.1 Å². The van der Waals surface area contributed by atoms with Gasteiger partial charge in [0, 0.05) is 11.8 Å². The van der Waals surface area contributed by atoms with Gasteiger partial charge in [-0.25, -0.2) is 13.1 Å². The molecule has 9 heteroatoms. The molecule has 1 N–H and O–H groups in total. The van der Waals surface area contributed by atoms with Crippen LogP contribution in [0.3, 0.4) is 0 Å². The molecule has 1 aromatic heterocycles. The first-order valence-electron chi connectivity index (χ1n) is 6.97. The van der Waals surface area contributed by atoms with Crippen molar-refractivity contribution < 1.29 is 13.2 Å². The normalized spacial score (nSPS) is 19.0. The predicted molar refractivity (Wildman–Crippen MR) is 83.3 cm³/mol. The van der Waals surface area contributed by atoms with Gasteiger partial charge in [-0.2, -0.15) is 0 Å². The van der Waals surface area contributed by atoms with Crippen LogP contribution >= 0.6 is 0 Å². The van der Waals surface area contributed by atoms with E-state index < -0.39 is 15.9 Å². The molecule has 0 spiro atoms. The Balaban J connectivity index is 1.65. The first kappa shape index (κ1) is 15.3. The molecule has 1 amide bonds. The van der Waals surface area contributed by atoms with Gasteiger partial charge in [0.15, 0.2) is 9.84 Å². The van der Waals surface area contributed by atoms with Crippen molar-refractivity contribution in [1.29, 1.82) is 0 Å². The number of fused-ring (bicyclic) bond motifs is 1. The fraction of sp³-hybridized carbons (Fsp3) is 0.286. The van der Waals surface area contributed by atoms with Gasteiger partial charge in [-0.15, -0.1) is 5.10 Å². The molecular weight excluding hydrogens is 320 g/mol. The number of rotatable bonds is 4. The van der Waals surface area contributed by atoms with Crippen LogP contribution < -0.4 is 10.9 Å². The summed E-state index contributed by atoms with van der Waals surface area (Å²) in [6, 6.07) is 6.31. The Hall–Kier alpha value is -2.55. The summed E-state index contributed by atoms with van der Waals surface area (Å²) >= 11 is 0. The van der Waals surface area contributed by atoms with Crippen molar-refractivity contribution in [3.8, 4) is 0 Å². The summed E-state index contributed by atoms with van der Waals surface area (Å²) in [6.45, 7) is 0.0751. The topological polar surface area (TPSA) is 111 Å². The van der Waals surface area contributed by atoms with Crippen LogP contribution in [0, 0.1) is 0 Å². The number of nitrogens with one attached hydrogen (secondary N) is 1. The highest BCUT2D eigenvalue weighted by molar-refractivity contribution is 7.94. The van der Waals surface area contributed by atoms with Crippen LogP contribution in [0.2, 0.25) is 0 Å². The second-order valence-corrected chi connectivity index (χ2v) is 7.15. The molecule has 0 aliphatic carbocycles. The molecule has 0 unspecified atom stereocenters. The third kappa shape index (κ3) is 3.45. The second-order valence-electron chi connectivity index (χ2n) is 5.22. The van der Waals surface area contributed by atoms with E-state index in [2.05, 4.69) is 15.6 Å². The zero-order chi connectivity index (χ0) is 16.4. The Morgan fingerprint density at radius 3 is 2.87 bits per heavy atom. The maximum Gasteiger partial charge on any atom is 0.277 e. The van der Waals surface area contributed by atoms with Crippen molar-refractivity contribution in [2.45, 2.75) is 19.0 Å². The zero-order valence-corrected chi connectivity index (χ0v) is 12.9. The first-order valence-corrected chi connectivity index (χ1v) is 8.69. The van der Waals surface area contributed by atoms with Gasteiger partial charge in [0.25, 0.3) is 5.56 Å². The van der Waals surface area contributed by atoms with Gasteiger partial charge in [-0.3, -0.25) is 9.59 Å². The van der Waals surface area contributed by atoms with Gasteiger partial charge >= 0.3 is 0 Å². The third-order valence-electron chi connectivity index (χ3n) is 3.46. The van der Waals surface area contributed by atoms with Crippen molar-refractivity contribution in [1.82, 2.24) is 20.3 Å². The molecular formula is C14H14N4O4S.